The van der Waals surface area contributed by atoms with Crippen LogP contribution in [0.2, 0.25) is 0 Å². The smallest absolute Gasteiger partial charge is 0.0940 e. The fraction of sp³-hybridized carbons (Fsp3) is 0.280. The van der Waals surface area contributed by atoms with Crippen LogP contribution in [-0.4, -0.2) is 22.8 Å². The van der Waals surface area contributed by atoms with Crippen LogP contribution in [0.3, 0.4) is 0 Å². The number of benzene rings is 3. The highest BCUT2D eigenvalue weighted by Crippen LogP contribution is 2.37. The Morgan fingerprint density at radius 2 is 1.54 bits per heavy atom. The first-order chi connectivity index (χ1) is 13.6. The van der Waals surface area contributed by atoms with Crippen molar-refractivity contribution in [2.75, 3.05) is 6.54 Å². The Balaban J connectivity index is 1.33. The van der Waals surface area contributed by atoms with Gasteiger partial charge in [-0.3, -0.25) is 0 Å². The Labute approximate surface area is 166 Å². The van der Waals surface area contributed by atoms with Crippen LogP contribution in [0.4, 0.5) is 0 Å². The predicted octanol–water partition coefficient (Wildman–Crippen LogP) is 4.39. The Morgan fingerprint density at radius 1 is 0.821 bits per heavy atom. The predicted molar refractivity (Wildman–Crippen MR) is 113 cm³/mol. The van der Waals surface area contributed by atoms with Crippen molar-refractivity contribution in [2.45, 2.75) is 38.0 Å². The number of hydrogen-bond acceptors (Lipinski definition) is 3. The SMILES string of the molecule is CC(NCCC(O)c1ccc2c(c1)Cc1ccccc1-2)C(O)c1ccccc1. The summed E-state index contributed by atoms with van der Waals surface area (Å²) in [4.78, 5) is 0. The van der Waals surface area contributed by atoms with E-state index in [-0.39, 0.29) is 6.04 Å². The van der Waals surface area contributed by atoms with E-state index < -0.39 is 12.2 Å². The van der Waals surface area contributed by atoms with E-state index in [1.165, 1.54) is 22.3 Å². The molecular formula is C25H27NO2. The summed E-state index contributed by atoms with van der Waals surface area (Å²) in [7, 11) is 0. The molecule has 3 unspecified atom stereocenters. The highest BCUT2D eigenvalue weighted by atomic mass is 16.3. The molecule has 0 amide bonds. The van der Waals surface area contributed by atoms with Crippen molar-refractivity contribution in [3.05, 3.63) is 95.1 Å². The maximum atomic E-state index is 10.6. The zero-order valence-electron chi connectivity index (χ0n) is 16.2. The summed E-state index contributed by atoms with van der Waals surface area (Å²) in [5, 5.41) is 24.4. The van der Waals surface area contributed by atoms with Crippen molar-refractivity contribution in [3.63, 3.8) is 0 Å². The lowest BCUT2D eigenvalue weighted by Crippen LogP contribution is -2.33. The van der Waals surface area contributed by atoms with Gasteiger partial charge in [0.2, 0.25) is 0 Å². The maximum absolute atomic E-state index is 10.6. The van der Waals surface area contributed by atoms with Crippen molar-refractivity contribution < 1.29 is 10.2 Å². The van der Waals surface area contributed by atoms with E-state index in [0.717, 1.165) is 17.5 Å². The lowest BCUT2D eigenvalue weighted by atomic mass is 9.99. The molecule has 0 spiro atoms. The van der Waals surface area contributed by atoms with Crippen LogP contribution >= 0.6 is 0 Å². The molecule has 144 valence electrons. The van der Waals surface area contributed by atoms with Crippen LogP contribution < -0.4 is 5.32 Å². The standard InChI is InChI=1S/C25H27NO2/c1-17(25(28)18-7-3-2-4-8-18)26-14-13-24(27)20-11-12-23-21(16-20)15-19-9-5-6-10-22(19)23/h2-12,16-17,24-28H,13-15H2,1H3. The van der Waals surface area contributed by atoms with Crippen LogP contribution in [-0.2, 0) is 6.42 Å². The second-order valence-electron chi connectivity index (χ2n) is 7.65. The molecule has 0 bridgehead atoms. The second-order valence-corrected chi connectivity index (χ2v) is 7.65. The van der Waals surface area contributed by atoms with Crippen molar-refractivity contribution in [1.82, 2.24) is 5.32 Å². The minimum atomic E-state index is -0.558. The van der Waals surface area contributed by atoms with Crippen molar-refractivity contribution in [1.29, 1.82) is 0 Å². The molecule has 28 heavy (non-hydrogen) atoms. The summed E-state index contributed by atoms with van der Waals surface area (Å²) in [6.45, 7) is 2.61. The molecule has 1 aliphatic carbocycles. The van der Waals surface area contributed by atoms with Crippen molar-refractivity contribution >= 4 is 0 Å². The third kappa shape index (κ3) is 3.88. The molecule has 0 saturated heterocycles. The Hall–Kier alpha value is -2.46. The lowest BCUT2D eigenvalue weighted by Gasteiger charge is -2.21. The van der Waals surface area contributed by atoms with E-state index in [0.29, 0.717) is 13.0 Å². The Morgan fingerprint density at radius 3 is 2.36 bits per heavy atom. The van der Waals surface area contributed by atoms with Crippen LogP contribution in [0, 0.1) is 0 Å². The summed E-state index contributed by atoms with van der Waals surface area (Å²) < 4.78 is 0. The molecule has 3 aromatic rings. The summed E-state index contributed by atoms with van der Waals surface area (Å²) in [6.07, 6.45) is 0.474. The van der Waals surface area contributed by atoms with E-state index in [1.54, 1.807) is 0 Å². The molecule has 3 N–H and O–H groups in total. The largest absolute Gasteiger partial charge is 0.388 e. The zero-order valence-corrected chi connectivity index (χ0v) is 16.2. The van der Waals surface area contributed by atoms with Crippen LogP contribution in [0.1, 0.15) is 47.8 Å². The molecule has 0 heterocycles. The molecule has 3 atom stereocenters. The first kappa shape index (κ1) is 18.9. The number of hydrogen-bond donors (Lipinski definition) is 3. The van der Waals surface area contributed by atoms with Gasteiger partial charge in [-0.25, -0.2) is 0 Å². The van der Waals surface area contributed by atoms with Gasteiger partial charge < -0.3 is 15.5 Å². The van der Waals surface area contributed by atoms with Crippen molar-refractivity contribution in [3.8, 4) is 11.1 Å². The van der Waals surface area contributed by atoms with Crippen LogP contribution in [0.5, 0.6) is 0 Å². The van der Waals surface area contributed by atoms with Crippen molar-refractivity contribution in [2.24, 2.45) is 0 Å². The highest BCUT2D eigenvalue weighted by molar-refractivity contribution is 5.76. The maximum Gasteiger partial charge on any atom is 0.0940 e. The summed E-state index contributed by atoms with van der Waals surface area (Å²) in [6, 6.07) is 24.4. The van der Waals surface area contributed by atoms with Gasteiger partial charge in [0.25, 0.3) is 0 Å². The topological polar surface area (TPSA) is 52.5 Å². The Kier molecular flexibility index (Phi) is 5.58. The highest BCUT2D eigenvalue weighted by Gasteiger charge is 2.20. The molecule has 4 rings (SSSR count). The van der Waals surface area contributed by atoms with E-state index in [1.807, 2.05) is 43.3 Å². The molecule has 0 radical (unpaired) electrons. The van der Waals surface area contributed by atoms with Gasteiger partial charge in [0.1, 0.15) is 0 Å². The molecule has 0 aliphatic heterocycles. The quantitative estimate of drug-likeness (QED) is 0.450. The van der Waals surface area contributed by atoms with Gasteiger partial charge in [0.15, 0.2) is 0 Å². The molecule has 0 aromatic heterocycles. The average molecular weight is 373 g/mol. The van der Waals surface area contributed by atoms with Gasteiger partial charge in [-0.15, -0.1) is 0 Å². The number of aliphatic hydroxyl groups excluding tert-OH is 2. The van der Waals surface area contributed by atoms with Gasteiger partial charge in [-0.2, -0.15) is 0 Å². The van der Waals surface area contributed by atoms with Gasteiger partial charge >= 0.3 is 0 Å². The fourth-order valence-electron chi connectivity index (χ4n) is 4.04. The average Bonchev–Trinajstić information content (AvgIpc) is 3.11. The van der Waals surface area contributed by atoms with Crippen LogP contribution in [0.25, 0.3) is 11.1 Å². The van der Waals surface area contributed by atoms with E-state index in [4.69, 9.17) is 0 Å². The number of nitrogens with one attached hydrogen (secondary N) is 1. The minimum Gasteiger partial charge on any atom is -0.388 e. The number of rotatable bonds is 7. The molecule has 1 aliphatic rings. The molecule has 3 aromatic carbocycles. The van der Waals surface area contributed by atoms with Gasteiger partial charge in [-0.1, -0.05) is 72.8 Å². The monoisotopic (exact) mass is 373 g/mol. The van der Waals surface area contributed by atoms with Crippen LogP contribution in [0.15, 0.2) is 72.8 Å². The summed E-state index contributed by atoms with van der Waals surface area (Å²) >= 11 is 0. The number of aliphatic hydroxyl groups is 2. The summed E-state index contributed by atoms with van der Waals surface area (Å²) in [5.41, 5.74) is 7.10. The zero-order chi connectivity index (χ0) is 19.5. The van der Waals surface area contributed by atoms with Gasteiger partial charge in [-0.05, 0) is 59.7 Å². The van der Waals surface area contributed by atoms with E-state index >= 15 is 0 Å². The first-order valence-corrected chi connectivity index (χ1v) is 9.99. The third-order valence-corrected chi connectivity index (χ3v) is 5.70. The van der Waals surface area contributed by atoms with E-state index in [2.05, 4.69) is 41.7 Å². The molecule has 3 heteroatoms. The third-order valence-electron chi connectivity index (χ3n) is 5.70. The molecular weight excluding hydrogens is 346 g/mol. The Bertz CT molecular complexity index is 938. The fourth-order valence-corrected chi connectivity index (χ4v) is 4.04. The molecule has 3 nitrogen and oxygen atoms in total. The normalized spacial score (nSPS) is 15.5. The first-order valence-electron chi connectivity index (χ1n) is 9.99. The second kappa shape index (κ2) is 8.27. The molecule has 0 fully saturated rings. The van der Waals surface area contributed by atoms with Gasteiger partial charge in [0, 0.05) is 6.04 Å². The number of fused-ring (bicyclic) bond motifs is 3. The minimum absolute atomic E-state index is 0.0795. The van der Waals surface area contributed by atoms with E-state index in [9.17, 15) is 10.2 Å². The summed E-state index contributed by atoms with van der Waals surface area (Å²) in [5.74, 6) is 0. The van der Waals surface area contributed by atoms with Gasteiger partial charge in [0.05, 0.1) is 12.2 Å². The molecule has 0 saturated carbocycles. The lowest BCUT2D eigenvalue weighted by molar-refractivity contribution is 0.127.